The molecule has 2 aromatic rings. The highest BCUT2D eigenvalue weighted by Gasteiger charge is 2.31. The molecule has 0 saturated carbocycles. The first-order chi connectivity index (χ1) is 10.5. The number of ether oxygens (including phenoxy) is 2. The maximum Gasteiger partial charge on any atom is 0.232 e. The Morgan fingerprint density at radius 3 is 2.55 bits per heavy atom. The molecule has 0 fully saturated rings. The number of carbonyl (C=O) groups is 1. The van der Waals surface area contributed by atoms with E-state index in [1.54, 1.807) is 12.1 Å². The van der Waals surface area contributed by atoms with E-state index in [4.69, 9.17) is 9.47 Å². The van der Waals surface area contributed by atoms with Crippen molar-refractivity contribution >= 4 is 11.9 Å². The summed E-state index contributed by atoms with van der Waals surface area (Å²) in [5.74, 6) is -1.06. The molecule has 3 N–H and O–H groups in total. The smallest absolute Gasteiger partial charge is 0.232 e. The second kappa shape index (κ2) is 5.00. The van der Waals surface area contributed by atoms with Crippen LogP contribution in [0.4, 0.5) is 0 Å². The Bertz CT molecular complexity index is 807. The van der Waals surface area contributed by atoms with Gasteiger partial charge in [-0.1, -0.05) is 0 Å². The Balaban J connectivity index is 2.01. The van der Waals surface area contributed by atoms with Crippen molar-refractivity contribution in [2.24, 2.45) is 0 Å². The fraction of sp³-hybridized carbons (Fsp3) is 0.0625. The molecule has 0 radical (unpaired) electrons. The fourth-order valence-electron chi connectivity index (χ4n) is 2.14. The quantitative estimate of drug-likeness (QED) is 0.582. The second-order valence-electron chi connectivity index (χ2n) is 4.67. The summed E-state index contributed by atoms with van der Waals surface area (Å²) in [6.07, 6.45) is 1.35. The predicted octanol–water partition coefficient (Wildman–Crippen LogP) is 2.43. The summed E-state index contributed by atoms with van der Waals surface area (Å²) in [5, 5.41) is 29.1. The summed E-state index contributed by atoms with van der Waals surface area (Å²) < 4.78 is 10.3. The molecule has 3 rings (SSSR count). The number of carbonyl (C=O) groups excluding carboxylic acids is 1. The van der Waals surface area contributed by atoms with Crippen molar-refractivity contribution in [3.63, 3.8) is 0 Å². The SMILES string of the molecule is COc1ccc(/C=C2/Oc3c(ccc(O)c3O)C2=O)c(O)c1. The summed E-state index contributed by atoms with van der Waals surface area (Å²) in [6, 6.07) is 7.17. The molecule has 0 unspecified atom stereocenters. The van der Waals surface area contributed by atoms with Crippen molar-refractivity contribution in [3.05, 3.63) is 47.2 Å². The molecular formula is C16H12O6. The van der Waals surface area contributed by atoms with Crippen LogP contribution in [-0.4, -0.2) is 28.2 Å². The van der Waals surface area contributed by atoms with E-state index in [1.165, 1.54) is 31.4 Å². The number of phenolic OH excluding ortho intramolecular Hbond substituents is 3. The summed E-state index contributed by atoms with van der Waals surface area (Å²) in [7, 11) is 1.47. The van der Waals surface area contributed by atoms with Crippen LogP contribution in [0.1, 0.15) is 15.9 Å². The first-order valence-corrected chi connectivity index (χ1v) is 6.37. The van der Waals surface area contributed by atoms with Gasteiger partial charge in [0.05, 0.1) is 12.7 Å². The van der Waals surface area contributed by atoms with Crippen molar-refractivity contribution in [1.82, 2.24) is 0 Å². The van der Waals surface area contributed by atoms with Gasteiger partial charge in [-0.3, -0.25) is 4.79 Å². The Labute approximate surface area is 125 Å². The molecule has 0 saturated heterocycles. The zero-order chi connectivity index (χ0) is 15.9. The lowest BCUT2D eigenvalue weighted by molar-refractivity contribution is 0.101. The van der Waals surface area contributed by atoms with Gasteiger partial charge in [0.1, 0.15) is 11.5 Å². The molecule has 6 nitrogen and oxygen atoms in total. The summed E-state index contributed by atoms with van der Waals surface area (Å²) in [4.78, 5) is 12.2. The molecule has 1 aliphatic rings. The van der Waals surface area contributed by atoms with Crippen molar-refractivity contribution in [1.29, 1.82) is 0 Å². The molecule has 0 spiro atoms. The first-order valence-electron chi connectivity index (χ1n) is 6.37. The van der Waals surface area contributed by atoms with Gasteiger partial charge in [-0.2, -0.15) is 0 Å². The minimum atomic E-state index is -0.492. The van der Waals surface area contributed by atoms with Crippen LogP contribution in [0.25, 0.3) is 6.08 Å². The standard InChI is InChI=1S/C16H12O6/c1-21-9-3-2-8(12(18)7-9)6-13-14(19)10-4-5-11(17)15(20)16(10)22-13/h2-7,17-18,20H,1H3/b13-6+. The van der Waals surface area contributed by atoms with Gasteiger partial charge in [-0.05, 0) is 30.3 Å². The van der Waals surface area contributed by atoms with Gasteiger partial charge in [-0.25, -0.2) is 0 Å². The van der Waals surface area contributed by atoms with Gasteiger partial charge in [0.15, 0.2) is 17.3 Å². The van der Waals surface area contributed by atoms with Gasteiger partial charge >= 0.3 is 0 Å². The molecule has 6 heteroatoms. The van der Waals surface area contributed by atoms with Crippen LogP contribution in [0.2, 0.25) is 0 Å². The molecular weight excluding hydrogens is 288 g/mol. The average Bonchev–Trinajstić information content (AvgIpc) is 2.82. The number of benzene rings is 2. The summed E-state index contributed by atoms with van der Waals surface area (Å²) in [5.41, 5.74) is 0.509. The number of aromatic hydroxyl groups is 3. The molecule has 1 aliphatic heterocycles. The maximum absolute atomic E-state index is 12.2. The van der Waals surface area contributed by atoms with Crippen molar-refractivity contribution in [2.45, 2.75) is 0 Å². The minimum Gasteiger partial charge on any atom is -0.507 e. The molecule has 0 aliphatic carbocycles. The molecule has 1 heterocycles. The third-order valence-electron chi connectivity index (χ3n) is 3.31. The van der Waals surface area contributed by atoms with Crippen molar-refractivity contribution < 1.29 is 29.6 Å². The van der Waals surface area contributed by atoms with E-state index >= 15 is 0 Å². The van der Waals surface area contributed by atoms with Crippen LogP contribution in [0.15, 0.2) is 36.1 Å². The highest BCUT2D eigenvalue weighted by atomic mass is 16.5. The van der Waals surface area contributed by atoms with E-state index in [-0.39, 0.29) is 28.6 Å². The Morgan fingerprint density at radius 2 is 1.86 bits per heavy atom. The number of Topliss-reactive ketones (excluding diaryl/α,β-unsaturated/α-hetero) is 1. The van der Waals surface area contributed by atoms with E-state index in [9.17, 15) is 20.1 Å². The monoisotopic (exact) mass is 300 g/mol. The van der Waals surface area contributed by atoms with Crippen LogP contribution < -0.4 is 9.47 Å². The molecule has 112 valence electrons. The van der Waals surface area contributed by atoms with Gasteiger partial charge < -0.3 is 24.8 Å². The Morgan fingerprint density at radius 1 is 1.09 bits per heavy atom. The van der Waals surface area contributed by atoms with E-state index < -0.39 is 11.5 Å². The number of rotatable bonds is 2. The number of methoxy groups -OCH3 is 1. The van der Waals surface area contributed by atoms with Crippen LogP contribution in [0, 0.1) is 0 Å². The zero-order valence-corrected chi connectivity index (χ0v) is 11.5. The molecule has 0 atom stereocenters. The molecule has 22 heavy (non-hydrogen) atoms. The lowest BCUT2D eigenvalue weighted by Crippen LogP contribution is -1.98. The lowest BCUT2D eigenvalue weighted by Gasteiger charge is -2.04. The fourth-order valence-corrected chi connectivity index (χ4v) is 2.14. The summed E-state index contributed by atoms with van der Waals surface area (Å²) in [6.45, 7) is 0. The van der Waals surface area contributed by atoms with Crippen molar-refractivity contribution in [3.8, 4) is 28.7 Å². The number of hydrogen-bond donors (Lipinski definition) is 3. The highest BCUT2D eigenvalue weighted by molar-refractivity contribution is 6.15. The normalized spacial score (nSPS) is 14.8. The maximum atomic E-state index is 12.2. The van der Waals surface area contributed by atoms with Crippen LogP contribution in [0.5, 0.6) is 28.7 Å². The minimum absolute atomic E-state index is 0.0589. The highest BCUT2D eigenvalue weighted by Crippen LogP contribution is 2.44. The van der Waals surface area contributed by atoms with E-state index in [2.05, 4.69) is 0 Å². The number of fused-ring (bicyclic) bond motifs is 1. The van der Waals surface area contributed by atoms with Gasteiger partial charge in [-0.15, -0.1) is 0 Å². The van der Waals surface area contributed by atoms with Gasteiger partial charge in [0.2, 0.25) is 11.5 Å². The van der Waals surface area contributed by atoms with E-state index in [0.717, 1.165) is 0 Å². The van der Waals surface area contributed by atoms with Crippen LogP contribution in [0.3, 0.4) is 0 Å². The van der Waals surface area contributed by atoms with Gasteiger partial charge in [0, 0.05) is 11.6 Å². The van der Waals surface area contributed by atoms with Gasteiger partial charge in [0.25, 0.3) is 0 Å². The molecule has 0 amide bonds. The number of phenols is 3. The van der Waals surface area contributed by atoms with Crippen LogP contribution in [-0.2, 0) is 0 Å². The predicted molar refractivity (Wildman–Crippen MR) is 77.4 cm³/mol. The van der Waals surface area contributed by atoms with E-state index in [0.29, 0.717) is 11.3 Å². The van der Waals surface area contributed by atoms with Crippen LogP contribution >= 0.6 is 0 Å². The molecule has 2 aromatic carbocycles. The number of ketones is 1. The number of hydrogen-bond acceptors (Lipinski definition) is 6. The third-order valence-corrected chi connectivity index (χ3v) is 3.31. The molecule has 0 aromatic heterocycles. The Hall–Kier alpha value is -3.15. The third kappa shape index (κ3) is 2.10. The van der Waals surface area contributed by atoms with E-state index in [1.807, 2.05) is 0 Å². The zero-order valence-electron chi connectivity index (χ0n) is 11.5. The number of allylic oxidation sites excluding steroid dienone is 1. The topological polar surface area (TPSA) is 96.2 Å². The van der Waals surface area contributed by atoms with Crippen molar-refractivity contribution in [2.75, 3.05) is 7.11 Å². The average molecular weight is 300 g/mol. The first kappa shape index (κ1) is 13.8. The lowest BCUT2D eigenvalue weighted by atomic mass is 10.1. The second-order valence-corrected chi connectivity index (χ2v) is 4.67. The summed E-state index contributed by atoms with van der Waals surface area (Å²) >= 11 is 0. The largest absolute Gasteiger partial charge is 0.507 e. The molecule has 0 bridgehead atoms. The Kier molecular flexibility index (Phi) is 3.14.